The van der Waals surface area contributed by atoms with Gasteiger partial charge in [-0.05, 0) is 37.0 Å². The zero-order valence-electron chi connectivity index (χ0n) is 14.4. The number of rotatable bonds is 4. The van der Waals surface area contributed by atoms with Gasteiger partial charge < -0.3 is 14.7 Å². The molecule has 2 aliphatic rings. The third-order valence-electron chi connectivity index (χ3n) is 5.33. The number of piperidine rings is 1. The quantitative estimate of drug-likeness (QED) is 0.901. The van der Waals surface area contributed by atoms with Crippen LogP contribution in [0.15, 0.2) is 59.5 Å². The first-order valence-corrected chi connectivity index (χ1v) is 10.1. The molecular weight excluding hydrogens is 330 g/mol. The molecule has 1 N–H and O–H groups in total. The summed E-state index contributed by atoms with van der Waals surface area (Å²) in [4.78, 5) is 3.72. The number of hydrogen-bond acceptors (Lipinski definition) is 4. The first-order chi connectivity index (χ1) is 12.2. The van der Waals surface area contributed by atoms with Crippen LogP contribution in [0.5, 0.6) is 5.75 Å². The fraction of sp³-hybridized carbons (Fsp3) is 0.429. The van der Waals surface area contributed by atoms with Gasteiger partial charge in [0.25, 0.3) is 0 Å². The minimum Gasteiger partial charge on any atom is -0.488 e. The molecule has 25 heavy (non-hydrogen) atoms. The zero-order chi connectivity index (χ0) is 17.1. The van der Waals surface area contributed by atoms with Crippen molar-refractivity contribution in [2.75, 3.05) is 25.4 Å². The summed E-state index contributed by atoms with van der Waals surface area (Å²) in [6, 6.07) is 18.4. The van der Waals surface area contributed by atoms with Crippen LogP contribution in [0.1, 0.15) is 24.8 Å². The molecule has 132 valence electrons. The van der Waals surface area contributed by atoms with Gasteiger partial charge in [0.15, 0.2) is 0 Å². The summed E-state index contributed by atoms with van der Waals surface area (Å²) in [6.45, 7) is 2.93. The van der Waals surface area contributed by atoms with E-state index in [1.54, 1.807) is 0 Å². The summed E-state index contributed by atoms with van der Waals surface area (Å²) in [5.41, 5.74) is 0.395. The number of nitrogens with zero attached hydrogens (tertiary/aromatic N) is 1. The van der Waals surface area contributed by atoms with E-state index in [1.165, 1.54) is 4.90 Å². The number of para-hydroxylation sites is 1. The van der Waals surface area contributed by atoms with Crippen molar-refractivity contribution < 1.29 is 9.84 Å². The molecule has 0 aliphatic carbocycles. The van der Waals surface area contributed by atoms with Crippen LogP contribution in [0.4, 0.5) is 0 Å². The summed E-state index contributed by atoms with van der Waals surface area (Å²) in [6.07, 6.45) is 2.94. The number of benzene rings is 2. The van der Waals surface area contributed by atoms with Crippen LogP contribution in [-0.2, 0) is 5.60 Å². The van der Waals surface area contributed by atoms with Crippen LogP contribution in [0.25, 0.3) is 0 Å². The van der Waals surface area contributed by atoms with Gasteiger partial charge in [-0.25, -0.2) is 0 Å². The summed E-state index contributed by atoms with van der Waals surface area (Å²) >= 11 is 1.90. The van der Waals surface area contributed by atoms with E-state index in [2.05, 4.69) is 23.1 Å². The Morgan fingerprint density at radius 3 is 2.56 bits per heavy atom. The van der Waals surface area contributed by atoms with E-state index in [0.717, 1.165) is 56.0 Å². The molecule has 3 nitrogen and oxygen atoms in total. The average Bonchev–Trinajstić information content (AvgIpc) is 2.68. The highest BCUT2D eigenvalue weighted by Crippen LogP contribution is 2.36. The van der Waals surface area contributed by atoms with E-state index in [1.807, 2.05) is 48.2 Å². The third kappa shape index (κ3) is 3.86. The lowest BCUT2D eigenvalue weighted by Gasteiger charge is -2.39. The van der Waals surface area contributed by atoms with Crippen molar-refractivity contribution in [2.45, 2.75) is 35.9 Å². The Bertz CT molecular complexity index is 698. The standard InChI is InChI=1S/C21H25NO2S/c23-21(17-6-2-1-3-7-17)11-14-22(15-12-21)13-10-18-16-25-20-9-5-4-8-19(20)24-18/h1-9,18,23H,10-16H2. The number of aliphatic hydroxyl groups is 1. The first-order valence-electron chi connectivity index (χ1n) is 9.12. The van der Waals surface area contributed by atoms with Crippen molar-refractivity contribution in [2.24, 2.45) is 0 Å². The second-order valence-electron chi connectivity index (χ2n) is 7.03. The van der Waals surface area contributed by atoms with Crippen molar-refractivity contribution >= 4 is 11.8 Å². The maximum absolute atomic E-state index is 10.9. The monoisotopic (exact) mass is 355 g/mol. The summed E-state index contributed by atoms with van der Waals surface area (Å²) in [7, 11) is 0. The Labute approximate surface area is 154 Å². The largest absolute Gasteiger partial charge is 0.488 e. The normalized spacial score (nSPS) is 22.8. The second-order valence-corrected chi connectivity index (χ2v) is 8.09. The van der Waals surface area contributed by atoms with Crippen molar-refractivity contribution in [3.63, 3.8) is 0 Å². The predicted octanol–water partition coefficient (Wildman–Crippen LogP) is 3.91. The fourth-order valence-corrected chi connectivity index (χ4v) is 4.75. The first kappa shape index (κ1) is 17.0. The van der Waals surface area contributed by atoms with Crippen LogP contribution in [0, 0.1) is 0 Å². The van der Waals surface area contributed by atoms with Crippen molar-refractivity contribution in [1.29, 1.82) is 0 Å². The van der Waals surface area contributed by atoms with Crippen molar-refractivity contribution in [1.82, 2.24) is 4.90 Å². The van der Waals surface area contributed by atoms with Gasteiger partial charge in [-0.1, -0.05) is 42.5 Å². The fourth-order valence-electron chi connectivity index (χ4n) is 3.72. The van der Waals surface area contributed by atoms with Gasteiger partial charge in [-0.2, -0.15) is 0 Å². The number of likely N-dealkylation sites (tertiary alicyclic amines) is 1. The third-order valence-corrected chi connectivity index (χ3v) is 6.52. The van der Waals surface area contributed by atoms with Crippen molar-refractivity contribution in [3.05, 3.63) is 60.2 Å². The van der Waals surface area contributed by atoms with E-state index in [0.29, 0.717) is 0 Å². The molecular formula is C21H25NO2S. The van der Waals surface area contributed by atoms with E-state index in [-0.39, 0.29) is 6.10 Å². The molecule has 0 spiro atoms. The lowest BCUT2D eigenvalue weighted by atomic mass is 9.84. The van der Waals surface area contributed by atoms with Crippen LogP contribution >= 0.6 is 11.8 Å². The zero-order valence-corrected chi connectivity index (χ0v) is 15.3. The van der Waals surface area contributed by atoms with E-state index in [4.69, 9.17) is 4.74 Å². The Hall–Kier alpha value is -1.49. The Morgan fingerprint density at radius 2 is 1.76 bits per heavy atom. The number of fused-ring (bicyclic) bond motifs is 1. The van der Waals surface area contributed by atoms with Gasteiger partial charge in [0.2, 0.25) is 0 Å². The molecule has 0 radical (unpaired) electrons. The minimum absolute atomic E-state index is 0.287. The second kappa shape index (κ2) is 7.40. The maximum Gasteiger partial charge on any atom is 0.133 e. The molecule has 2 heterocycles. The molecule has 1 atom stereocenters. The molecule has 0 bridgehead atoms. The smallest absolute Gasteiger partial charge is 0.133 e. The summed E-state index contributed by atoms with van der Waals surface area (Å²) in [5, 5.41) is 10.9. The van der Waals surface area contributed by atoms with E-state index < -0.39 is 5.60 Å². The van der Waals surface area contributed by atoms with Gasteiger partial charge in [-0.3, -0.25) is 0 Å². The molecule has 2 aromatic carbocycles. The van der Waals surface area contributed by atoms with Gasteiger partial charge >= 0.3 is 0 Å². The number of thioether (sulfide) groups is 1. The van der Waals surface area contributed by atoms with E-state index in [9.17, 15) is 5.11 Å². The van der Waals surface area contributed by atoms with Crippen LogP contribution in [0.2, 0.25) is 0 Å². The number of ether oxygens (including phenoxy) is 1. The van der Waals surface area contributed by atoms with Crippen molar-refractivity contribution in [3.8, 4) is 5.75 Å². The summed E-state index contributed by atoms with van der Waals surface area (Å²) < 4.78 is 6.14. The molecule has 0 aromatic heterocycles. The molecule has 0 amide bonds. The molecule has 2 aromatic rings. The van der Waals surface area contributed by atoms with Gasteiger partial charge in [0, 0.05) is 30.3 Å². The Kier molecular flexibility index (Phi) is 5.02. The molecule has 1 fully saturated rings. The topological polar surface area (TPSA) is 32.7 Å². The average molecular weight is 356 g/mol. The Balaban J connectivity index is 1.27. The van der Waals surface area contributed by atoms with Gasteiger partial charge in [0.1, 0.15) is 11.9 Å². The molecule has 1 unspecified atom stereocenters. The molecule has 4 heteroatoms. The molecule has 1 saturated heterocycles. The van der Waals surface area contributed by atoms with Gasteiger partial charge in [-0.15, -0.1) is 11.8 Å². The lowest BCUT2D eigenvalue weighted by Crippen LogP contribution is -2.43. The minimum atomic E-state index is -0.659. The van der Waals surface area contributed by atoms with Crippen LogP contribution < -0.4 is 4.74 Å². The SMILES string of the molecule is OC1(c2ccccc2)CCN(CCC2CSc3ccccc3O2)CC1. The van der Waals surface area contributed by atoms with Gasteiger partial charge in [0.05, 0.1) is 5.60 Å². The maximum atomic E-state index is 10.9. The molecule has 2 aliphatic heterocycles. The Morgan fingerprint density at radius 1 is 1.04 bits per heavy atom. The molecule has 4 rings (SSSR count). The van der Waals surface area contributed by atoms with E-state index >= 15 is 0 Å². The van der Waals surface area contributed by atoms with Crippen LogP contribution in [0.3, 0.4) is 0 Å². The number of hydrogen-bond donors (Lipinski definition) is 1. The highest BCUT2D eigenvalue weighted by Gasteiger charge is 2.34. The predicted molar refractivity (Wildman–Crippen MR) is 102 cm³/mol. The lowest BCUT2D eigenvalue weighted by molar-refractivity contribution is -0.0274. The van der Waals surface area contributed by atoms with Crippen LogP contribution in [-0.4, -0.2) is 41.5 Å². The highest BCUT2D eigenvalue weighted by atomic mass is 32.2. The highest BCUT2D eigenvalue weighted by molar-refractivity contribution is 7.99. The summed E-state index contributed by atoms with van der Waals surface area (Å²) in [5.74, 6) is 2.06. The molecule has 0 saturated carbocycles.